The van der Waals surface area contributed by atoms with Crippen molar-refractivity contribution in [3.63, 3.8) is 0 Å². The number of pyridine rings is 1. The van der Waals surface area contributed by atoms with Gasteiger partial charge in [0.05, 0.1) is 0 Å². The van der Waals surface area contributed by atoms with Gasteiger partial charge >= 0.3 is 0 Å². The second-order valence-electron chi connectivity index (χ2n) is 5.39. The molecular formula is C17H24N4O. The number of hydrogen-bond acceptors (Lipinski definition) is 3. The Morgan fingerprint density at radius 3 is 2.59 bits per heavy atom. The van der Waals surface area contributed by atoms with Gasteiger partial charge in [0.15, 0.2) is 5.82 Å². The standard InChI is InChI=1S/C17H24N4O/c1-4-13(5-2)12-21(6-3)17(22)14-7-8-18-15(11-14)16-19-9-10-20-16/h7-11,13H,4-6,12H2,1-3H3,(H,19,20). The van der Waals surface area contributed by atoms with Gasteiger partial charge in [-0.25, -0.2) is 4.98 Å². The van der Waals surface area contributed by atoms with E-state index in [-0.39, 0.29) is 5.91 Å². The first kappa shape index (κ1) is 16.2. The molecule has 0 saturated heterocycles. The molecule has 118 valence electrons. The molecule has 5 heteroatoms. The highest BCUT2D eigenvalue weighted by molar-refractivity contribution is 5.94. The van der Waals surface area contributed by atoms with Crippen molar-refractivity contribution >= 4 is 5.91 Å². The van der Waals surface area contributed by atoms with E-state index in [1.165, 1.54) is 0 Å². The summed E-state index contributed by atoms with van der Waals surface area (Å²) >= 11 is 0. The Labute approximate surface area is 131 Å². The summed E-state index contributed by atoms with van der Waals surface area (Å²) in [5.74, 6) is 1.29. The number of H-pyrrole nitrogens is 1. The first-order valence-corrected chi connectivity index (χ1v) is 7.94. The predicted molar refractivity (Wildman–Crippen MR) is 87.5 cm³/mol. The van der Waals surface area contributed by atoms with Crippen LogP contribution in [0.4, 0.5) is 0 Å². The van der Waals surface area contributed by atoms with E-state index in [0.717, 1.165) is 19.4 Å². The van der Waals surface area contributed by atoms with E-state index in [0.29, 0.717) is 29.5 Å². The molecule has 1 amide bonds. The van der Waals surface area contributed by atoms with Gasteiger partial charge in [-0.1, -0.05) is 26.7 Å². The van der Waals surface area contributed by atoms with E-state index in [4.69, 9.17) is 0 Å². The lowest BCUT2D eigenvalue weighted by Gasteiger charge is -2.25. The molecule has 0 fully saturated rings. The van der Waals surface area contributed by atoms with E-state index in [1.54, 1.807) is 30.7 Å². The Hall–Kier alpha value is -2.17. The summed E-state index contributed by atoms with van der Waals surface area (Å²) in [6.45, 7) is 7.89. The van der Waals surface area contributed by atoms with Crippen molar-refractivity contribution in [2.45, 2.75) is 33.6 Å². The number of carbonyl (C=O) groups is 1. The van der Waals surface area contributed by atoms with E-state index in [2.05, 4.69) is 28.8 Å². The lowest BCUT2D eigenvalue weighted by molar-refractivity contribution is 0.0735. The molecule has 0 saturated carbocycles. The first-order valence-electron chi connectivity index (χ1n) is 7.94. The van der Waals surface area contributed by atoms with Crippen LogP contribution >= 0.6 is 0 Å². The van der Waals surface area contributed by atoms with Crippen LogP contribution in [0.15, 0.2) is 30.7 Å². The minimum Gasteiger partial charge on any atom is -0.343 e. The number of aromatic nitrogens is 3. The quantitative estimate of drug-likeness (QED) is 0.852. The lowest BCUT2D eigenvalue weighted by Crippen LogP contribution is -2.35. The van der Waals surface area contributed by atoms with Crippen LogP contribution in [0.3, 0.4) is 0 Å². The number of carbonyl (C=O) groups excluding carboxylic acids is 1. The summed E-state index contributed by atoms with van der Waals surface area (Å²) in [6, 6.07) is 3.57. The Kier molecular flexibility index (Phi) is 5.69. The van der Waals surface area contributed by atoms with Crippen LogP contribution in [0, 0.1) is 5.92 Å². The highest BCUT2D eigenvalue weighted by atomic mass is 16.2. The third-order valence-electron chi connectivity index (χ3n) is 4.05. The zero-order chi connectivity index (χ0) is 15.9. The van der Waals surface area contributed by atoms with Gasteiger partial charge in [-0.05, 0) is 25.0 Å². The molecule has 2 rings (SSSR count). The van der Waals surface area contributed by atoms with Gasteiger partial charge in [-0.2, -0.15) is 0 Å². The van der Waals surface area contributed by atoms with Crippen molar-refractivity contribution in [1.29, 1.82) is 0 Å². The van der Waals surface area contributed by atoms with Crippen molar-refractivity contribution in [3.05, 3.63) is 36.3 Å². The fraction of sp³-hybridized carbons (Fsp3) is 0.471. The number of nitrogens with zero attached hydrogens (tertiary/aromatic N) is 3. The molecule has 0 unspecified atom stereocenters. The van der Waals surface area contributed by atoms with Gasteiger partial charge in [0.1, 0.15) is 5.69 Å². The normalized spacial score (nSPS) is 10.9. The Morgan fingerprint density at radius 1 is 1.23 bits per heavy atom. The predicted octanol–water partition coefficient (Wildman–Crippen LogP) is 3.37. The second-order valence-corrected chi connectivity index (χ2v) is 5.39. The fourth-order valence-corrected chi connectivity index (χ4v) is 2.50. The maximum Gasteiger partial charge on any atom is 0.253 e. The maximum atomic E-state index is 12.7. The molecule has 0 aromatic carbocycles. The number of hydrogen-bond donors (Lipinski definition) is 1. The monoisotopic (exact) mass is 300 g/mol. The molecule has 0 bridgehead atoms. The van der Waals surface area contributed by atoms with Crippen molar-refractivity contribution in [2.75, 3.05) is 13.1 Å². The first-order chi connectivity index (χ1) is 10.7. The van der Waals surface area contributed by atoms with Crippen LogP contribution in [0.25, 0.3) is 11.5 Å². The summed E-state index contributed by atoms with van der Waals surface area (Å²) in [6.07, 6.45) is 7.27. The topological polar surface area (TPSA) is 61.9 Å². The summed E-state index contributed by atoms with van der Waals surface area (Å²) < 4.78 is 0. The SMILES string of the molecule is CCC(CC)CN(CC)C(=O)c1ccnc(-c2ncc[nH]2)c1. The van der Waals surface area contributed by atoms with Gasteiger partial charge in [0.2, 0.25) is 0 Å². The zero-order valence-corrected chi connectivity index (χ0v) is 13.5. The second kappa shape index (κ2) is 7.73. The van der Waals surface area contributed by atoms with E-state index < -0.39 is 0 Å². The zero-order valence-electron chi connectivity index (χ0n) is 13.5. The third-order valence-corrected chi connectivity index (χ3v) is 4.05. The highest BCUT2D eigenvalue weighted by Gasteiger charge is 2.18. The van der Waals surface area contributed by atoms with Crippen molar-refractivity contribution in [1.82, 2.24) is 19.9 Å². The minimum atomic E-state index is 0.0598. The molecule has 2 heterocycles. The average molecular weight is 300 g/mol. The molecular weight excluding hydrogens is 276 g/mol. The molecule has 0 spiro atoms. The molecule has 5 nitrogen and oxygen atoms in total. The molecule has 2 aromatic rings. The summed E-state index contributed by atoms with van der Waals surface area (Å²) in [5, 5.41) is 0. The van der Waals surface area contributed by atoms with E-state index >= 15 is 0 Å². The largest absolute Gasteiger partial charge is 0.343 e. The van der Waals surface area contributed by atoms with Crippen LogP contribution in [0.5, 0.6) is 0 Å². The molecule has 22 heavy (non-hydrogen) atoms. The molecule has 0 aliphatic heterocycles. The number of aromatic amines is 1. The number of imidazole rings is 1. The molecule has 0 radical (unpaired) electrons. The summed E-state index contributed by atoms with van der Waals surface area (Å²) in [4.78, 5) is 26.1. The Bertz CT molecular complexity index is 590. The van der Waals surface area contributed by atoms with Crippen LogP contribution in [0.2, 0.25) is 0 Å². The van der Waals surface area contributed by atoms with Crippen molar-refractivity contribution in [3.8, 4) is 11.5 Å². The third kappa shape index (κ3) is 3.72. The molecule has 0 atom stereocenters. The summed E-state index contributed by atoms with van der Waals surface area (Å²) in [5.41, 5.74) is 1.35. The Morgan fingerprint density at radius 2 is 2.00 bits per heavy atom. The van der Waals surface area contributed by atoms with Crippen molar-refractivity contribution in [2.24, 2.45) is 5.92 Å². The van der Waals surface area contributed by atoms with Gasteiger partial charge in [0.25, 0.3) is 5.91 Å². The smallest absolute Gasteiger partial charge is 0.253 e. The van der Waals surface area contributed by atoms with Gasteiger partial charge in [-0.15, -0.1) is 0 Å². The van der Waals surface area contributed by atoms with Crippen LogP contribution in [-0.2, 0) is 0 Å². The fourth-order valence-electron chi connectivity index (χ4n) is 2.50. The highest BCUT2D eigenvalue weighted by Crippen LogP contribution is 2.16. The molecule has 1 N–H and O–H groups in total. The van der Waals surface area contributed by atoms with Gasteiger partial charge < -0.3 is 9.88 Å². The summed E-state index contributed by atoms with van der Waals surface area (Å²) in [7, 11) is 0. The van der Waals surface area contributed by atoms with E-state index in [9.17, 15) is 4.79 Å². The van der Waals surface area contributed by atoms with Crippen molar-refractivity contribution < 1.29 is 4.79 Å². The lowest BCUT2D eigenvalue weighted by atomic mass is 10.0. The molecule has 0 aliphatic rings. The molecule has 0 aliphatic carbocycles. The number of nitrogens with one attached hydrogen (secondary N) is 1. The minimum absolute atomic E-state index is 0.0598. The van der Waals surface area contributed by atoms with E-state index in [1.807, 2.05) is 11.8 Å². The van der Waals surface area contributed by atoms with Gasteiger partial charge in [-0.3, -0.25) is 9.78 Å². The number of amides is 1. The Balaban J connectivity index is 2.19. The van der Waals surface area contributed by atoms with Crippen LogP contribution < -0.4 is 0 Å². The average Bonchev–Trinajstić information content (AvgIpc) is 3.10. The maximum absolute atomic E-state index is 12.7. The van der Waals surface area contributed by atoms with Gasteiger partial charge in [0, 0.05) is 37.2 Å². The van der Waals surface area contributed by atoms with Crippen LogP contribution in [0.1, 0.15) is 44.0 Å². The van der Waals surface area contributed by atoms with Crippen LogP contribution in [-0.4, -0.2) is 38.8 Å². The number of rotatable bonds is 7. The molecule has 2 aromatic heterocycles.